The van der Waals surface area contributed by atoms with Crippen LogP contribution in [0.1, 0.15) is 29.0 Å². The van der Waals surface area contributed by atoms with Gasteiger partial charge in [0.15, 0.2) is 5.76 Å². The Balaban J connectivity index is 1.71. The second-order valence-corrected chi connectivity index (χ2v) is 5.79. The molecular formula is C17H18N2O6. The summed E-state index contributed by atoms with van der Waals surface area (Å²) >= 11 is 0. The van der Waals surface area contributed by atoms with Gasteiger partial charge in [-0.2, -0.15) is 0 Å². The Morgan fingerprint density at radius 2 is 2.24 bits per heavy atom. The van der Waals surface area contributed by atoms with Crippen LogP contribution in [-0.4, -0.2) is 30.1 Å². The van der Waals surface area contributed by atoms with Crippen LogP contribution in [0.3, 0.4) is 0 Å². The zero-order valence-corrected chi connectivity index (χ0v) is 13.7. The number of benzene rings is 1. The van der Waals surface area contributed by atoms with E-state index in [9.17, 15) is 14.9 Å². The first-order chi connectivity index (χ1) is 12.0. The highest BCUT2D eigenvalue weighted by Crippen LogP contribution is 2.28. The van der Waals surface area contributed by atoms with Crippen LogP contribution >= 0.6 is 0 Å². The lowest BCUT2D eigenvalue weighted by atomic mass is 10.2. The summed E-state index contributed by atoms with van der Waals surface area (Å²) in [5.41, 5.74) is 1.45. The van der Waals surface area contributed by atoms with Crippen molar-refractivity contribution in [2.24, 2.45) is 0 Å². The summed E-state index contributed by atoms with van der Waals surface area (Å²) in [4.78, 5) is 22.2. The van der Waals surface area contributed by atoms with Gasteiger partial charge >= 0.3 is 5.88 Å². The van der Waals surface area contributed by atoms with Crippen molar-refractivity contribution >= 4 is 17.5 Å². The second kappa shape index (κ2) is 7.35. The van der Waals surface area contributed by atoms with Crippen LogP contribution in [-0.2, 0) is 4.74 Å². The lowest BCUT2D eigenvalue weighted by molar-refractivity contribution is -0.402. The first kappa shape index (κ1) is 17.0. The van der Waals surface area contributed by atoms with E-state index in [4.69, 9.17) is 13.9 Å². The molecule has 3 rings (SSSR count). The first-order valence-electron chi connectivity index (χ1n) is 7.93. The molecule has 1 amide bonds. The van der Waals surface area contributed by atoms with Crippen molar-refractivity contribution in [3.63, 3.8) is 0 Å². The average molecular weight is 346 g/mol. The molecule has 0 spiro atoms. The van der Waals surface area contributed by atoms with Crippen LogP contribution in [0.5, 0.6) is 5.75 Å². The number of aryl methyl sites for hydroxylation is 1. The van der Waals surface area contributed by atoms with Crippen molar-refractivity contribution in [3.8, 4) is 5.75 Å². The van der Waals surface area contributed by atoms with Gasteiger partial charge in [0.05, 0.1) is 17.9 Å². The lowest BCUT2D eigenvalue weighted by Crippen LogP contribution is -2.18. The number of amides is 1. The maximum Gasteiger partial charge on any atom is 0.433 e. The summed E-state index contributed by atoms with van der Waals surface area (Å²) < 4.78 is 16.2. The molecule has 0 radical (unpaired) electrons. The molecule has 1 fully saturated rings. The molecule has 1 aromatic heterocycles. The van der Waals surface area contributed by atoms with E-state index >= 15 is 0 Å². The van der Waals surface area contributed by atoms with Crippen molar-refractivity contribution < 1.29 is 23.6 Å². The molecule has 1 atom stereocenters. The van der Waals surface area contributed by atoms with Crippen molar-refractivity contribution in [2.45, 2.75) is 25.9 Å². The topological polar surface area (TPSA) is 104 Å². The minimum absolute atomic E-state index is 0.0526. The number of nitro groups is 1. The van der Waals surface area contributed by atoms with Gasteiger partial charge in [0, 0.05) is 6.61 Å². The number of rotatable bonds is 6. The number of nitrogens with one attached hydrogen (secondary N) is 1. The van der Waals surface area contributed by atoms with E-state index in [1.807, 2.05) is 19.1 Å². The Kier molecular flexibility index (Phi) is 4.99. The number of carbonyl (C=O) groups excluding carboxylic acids is 1. The Morgan fingerprint density at radius 3 is 2.92 bits per heavy atom. The van der Waals surface area contributed by atoms with E-state index in [-0.39, 0.29) is 11.9 Å². The SMILES string of the molecule is Cc1ccc(NC(=O)c2ccc([N+](=O)[O-])o2)c(OCC2CCCO2)c1. The van der Waals surface area contributed by atoms with Gasteiger partial charge in [-0.05, 0) is 43.5 Å². The molecule has 132 valence electrons. The minimum Gasteiger partial charge on any atom is -0.489 e. The zero-order valence-electron chi connectivity index (χ0n) is 13.7. The van der Waals surface area contributed by atoms with E-state index in [0.717, 1.165) is 31.1 Å². The predicted octanol–water partition coefficient (Wildman–Crippen LogP) is 3.31. The minimum atomic E-state index is -0.696. The normalized spacial score (nSPS) is 16.6. The van der Waals surface area contributed by atoms with Crippen LogP contribution in [0.4, 0.5) is 11.6 Å². The number of furan rings is 1. The summed E-state index contributed by atoms with van der Waals surface area (Å²) in [6.07, 6.45) is 2.02. The third-order valence-corrected chi connectivity index (χ3v) is 3.83. The second-order valence-electron chi connectivity index (χ2n) is 5.79. The summed E-state index contributed by atoms with van der Waals surface area (Å²) in [5.74, 6) is -0.690. The summed E-state index contributed by atoms with van der Waals surface area (Å²) in [6.45, 7) is 3.06. The number of hydrogen-bond acceptors (Lipinski definition) is 6. The molecule has 1 saturated heterocycles. The number of hydrogen-bond donors (Lipinski definition) is 1. The summed E-state index contributed by atoms with van der Waals surface area (Å²) in [5, 5.41) is 13.3. The Hall–Kier alpha value is -2.87. The van der Waals surface area contributed by atoms with Crippen LogP contribution in [0.25, 0.3) is 0 Å². The molecule has 8 heteroatoms. The molecule has 2 aromatic rings. The quantitative estimate of drug-likeness (QED) is 0.636. The third kappa shape index (κ3) is 4.16. The largest absolute Gasteiger partial charge is 0.489 e. The average Bonchev–Trinajstić information content (AvgIpc) is 3.26. The molecule has 0 saturated carbocycles. The number of anilines is 1. The van der Waals surface area contributed by atoms with Crippen molar-refractivity contribution in [1.82, 2.24) is 0 Å². The maximum atomic E-state index is 12.2. The van der Waals surface area contributed by atoms with Gasteiger partial charge in [-0.25, -0.2) is 0 Å². The van der Waals surface area contributed by atoms with Gasteiger partial charge in [0.2, 0.25) is 0 Å². The van der Waals surface area contributed by atoms with Crippen LogP contribution in [0.15, 0.2) is 34.7 Å². The molecule has 1 aliphatic rings. The molecule has 0 aliphatic carbocycles. The molecule has 0 bridgehead atoms. The first-order valence-corrected chi connectivity index (χ1v) is 7.93. The molecule has 1 aliphatic heterocycles. The molecule has 1 aromatic carbocycles. The molecule has 25 heavy (non-hydrogen) atoms. The molecule has 1 N–H and O–H groups in total. The van der Waals surface area contributed by atoms with Crippen LogP contribution in [0, 0.1) is 17.0 Å². The number of ether oxygens (including phenoxy) is 2. The van der Waals surface area contributed by atoms with Crippen LogP contribution < -0.4 is 10.1 Å². The standard InChI is InChI=1S/C17H18N2O6/c1-11-4-5-13(15(9-11)24-10-12-3-2-8-23-12)18-17(20)14-6-7-16(25-14)19(21)22/h4-7,9,12H,2-3,8,10H2,1H3,(H,18,20). The highest BCUT2D eigenvalue weighted by atomic mass is 16.6. The third-order valence-electron chi connectivity index (χ3n) is 3.83. The maximum absolute atomic E-state index is 12.2. The lowest BCUT2D eigenvalue weighted by Gasteiger charge is -2.15. The van der Waals surface area contributed by atoms with Gasteiger partial charge in [-0.15, -0.1) is 0 Å². The molecule has 1 unspecified atom stereocenters. The van der Waals surface area contributed by atoms with Crippen LogP contribution in [0.2, 0.25) is 0 Å². The fraction of sp³-hybridized carbons (Fsp3) is 0.353. The van der Waals surface area contributed by atoms with Gasteiger partial charge in [0.25, 0.3) is 5.91 Å². The van der Waals surface area contributed by atoms with Gasteiger partial charge < -0.3 is 19.2 Å². The molecule has 8 nitrogen and oxygen atoms in total. The van der Waals surface area contributed by atoms with E-state index in [1.54, 1.807) is 6.07 Å². The van der Waals surface area contributed by atoms with Crippen molar-refractivity contribution in [3.05, 3.63) is 51.8 Å². The van der Waals surface area contributed by atoms with Crippen molar-refractivity contribution in [2.75, 3.05) is 18.5 Å². The molecule has 2 heterocycles. The van der Waals surface area contributed by atoms with Gasteiger partial charge in [-0.1, -0.05) is 6.07 Å². The molecular weight excluding hydrogens is 328 g/mol. The highest BCUT2D eigenvalue weighted by Gasteiger charge is 2.20. The van der Waals surface area contributed by atoms with E-state index in [0.29, 0.717) is 18.0 Å². The number of nitrogens with zero attached hydrogens (tertiary/aromatic N) is 1. The summed E-state index contributed by atoms with van der Waals surface area (Å²) in [7, 11) is 0. The van der Waals surface area contributed by atoms with Gasteiger partial charge in [-0.3, -0.25) is 14.9 Å². The fourth-order valence-corrected chi connectivity index (χ4v) is 2.54. The van der Waals surface area contributed by atoms with E-state index < -0.39 is 16.7 Å². The number of carbonyl (C=O) groups is 1. The van der Waals surface area contributed by atoms with E-state index in [2.05, 4.69) is 5.32 Å². The Bertz CT molecular complexity index is 779. The Morgan fingerprint density at radius 1 is 1.40 bits per heavy atom. The Labute approximate surface area is 143 Å². The predicted molar refractivity (Wildman–Crippen MR) is 89.0 cm³/mol. The summed E-state index contributed by atoms with van der Waals surface area (Å²) in [6, 6.07) is 7.76. The fourth-order valence-electron chi connectivity index (χ4n) is 2.54. The van der Waals surface area contributed by atoms with E-state index in [1.165, 1.54) is 6.07 Å². The zero-order chi connectivity index (χ0) is 17.8. The highest BCUT2D eigenvalue weighted by molar-refractivity contribution is 6.03. The van der Waals surface area contributed by atoms with Gasteiger partial charge in [0.1, 0.15) is 17.3 Å². The monoisotopic (exact) mass is 346 g/mol. The van der Waals surface area contributed by atoms with Crippen molar-refractivity contribution in [1.29, 1.82) is 0 Å². The smallest absolute Gasteiger partial charge is 0.433 e.